The minimum atomic E-state index is -0.266. The number of amides is 1. The summed E-state index contributed by atoms with van der Waals surface area (Å²) in [6, 6.07) is 7.52. The van der Waals surface area contributed by atoms with Gasteiger partial charge in [-0.1, -0.05) is 12.1 Å². The van der Waals surface area contributed by atoms with Crippen LogP contribution in [0.15, 0.2) is 24.3 Å². The van der Waals surface area contributed by atoms with Gasteiger partial charge in [0.1, 0.15) is 13.2 Å². The average molecular weight is 250 g/mol. The van der Waals surface area contributed by atoms with Gasteiger partial charge in [-0.25, -0.2) is 0 Å². The van der Waals surface area contributed by atoms with E-state index in [4.69, 9.17) is 4.74 Å². The molecule has 1 aromatic carbocycles. The molecule has 2 N–H and O–H groups in total. The van der Waals surface area contributed by atoms with Crippen LogP contribution in [0.2, 0.25) is 0 Å². The quantitative estimate of drug-likeness (QED) is 0.756. The van der Waals surface area contributed by atoms with Crippen molar-refractivity contribution in [2.75, 3.05) is 25.6 Å². The largest absolute Gasteiger partial charge is 0.364 e. The molecule has 0 aliphatic rings. The Morgan fingerprint density at radius 1 is 1.17 bits per heavy atom. The van der Waals surface area contributed by atoms with E-state index in [1.165, 1.54) is 6.92 Å². The number of ketones is 1. The number of carbonyl (C=O) groups excluding carboxylic acids is 2. The van der Waals surface area contributed by atoms with Gasteiger partial charge < -0.3 is 15.4 Å². The zero-order valence-corrected chi connectivity index (χ0v) is 10.7. The molecule has 0 aliphatic heterocycles. The number of rotatable bonds is 7. The van der Waals surface area contributed by atoms with Gasteiger partial charge in [0.15, 0.2) is 5.78 Å². The lowest BCUT2D eigenvalue weighted by molar-refractivity contribution is -0.125. The van der Waals surface area contributed by atoms with Crippen LogP contribution in [0.3, 0.4) is 0 Å². The number of hydrogen-bond acceptors (Lipinski definition) is 4. The molecule has 0 heterocycles. The third kappa shape index (κ3) is 5.56. The van der Waals surface area contributed by atoms with Crippen LogP contribution in [0, 0.1) is 0 Å². The summed E-state index contributed by atoms with van der Waals surface area (Å²) >= 11 is 0. The Bertz CT molecular complexity index is 401. The summed E-state index contributed by atoms with van der Waals surface area (Å²) in [6.45, 7) is 2.06. The molecule has 0 radical (unpaired) electrons. The minimum absolute atomic E-state index is 0.0332. The molecule has 0 spiro atoms. The minimum Gasteiger partial charge on any atom is -0.364 e. The second kappa shape index (κ2) is 7.58. The predicted octanol–water partition coefficient (Wildman–Crippen LogP) is 0.950. The standard InChI is InChI=1S/C13H18N2O3/c1-10(16)8-18-9-13(17)15-12-5-3-11(4-6-12)7-14-2/h3-6,14H,7-9H2,1-2H3,(H,15,17). The second-order valence-corrected chi connectivity index (χ2v) is 3.97. The van der Waals surface area contributed by atoms with Gasteiger partial charge in [0.2, 0.25) is 5.91 Å². The highest BCUT2D eigenvalue weighted by molar-refractivity contribution is 5.91. The van der Waals surface area contributed by atoms with Crippen LogP contribution in [-0.4, -0.2) is 32.0 Å². The van der Waals surface area contributed by atoms with Gasteiger partial charge in [-0.15, -0.1) is 0 Å². The number of anilines is 1. The zero-order valence-electron chi connectivity index (χ0n) is 10.7. The van der Waals surface area contributed by atoms with Crippen molar-refractivity contribution < 1.29 is 14.3 Å². The first-order chi connectivity index (χ1) is 8.61. The van der Waals surface area contributed by atoms with Crippen LogP contribution in [0.5, 0.6) is 0 Å². The molecule has 0 saturated heterocycles. The summed E-state index contributed by atoms with van der Waals surface area (Å²) in [6.07, 6.45) is 0. The Labute approximate surface area is 107 Å². The van der Waals surface area contributed by atoms with E-state index in [1.807, 2.05) is 31.3 Å². The molecule has 0 saturated carbocycles. The van der Waals surface area contributed by atoms with Gasteiger partial charge in [-0.2, -0.15) is 0 Å². The Kier molecular flexibility index (Phi) is 6.04. The van der Waals surface area contributed by atoms with E-state index in [1.54, 1.807) is 0 Å². The Morgan fingerprint density at radius 3 is 2.39 bits per heavy atom. The molecule has 98 valence electrons. The molecular weight excluding hydrogens is 232 g/mol. The molecule has 1 rings (SSSR count). The fourth-order valence-electron chi connectivity index (χ4n) is 1.39. The van der Waals surface area contributed by atoms with Gasteiger partial charge in [-0.3, -0.25) is 9.59 Å². The average Bonchev–Trinajstić information content (AvgIpc) is 2.31. The zero-order chi connectivity index (χ0) is 13.4. The first kappa shape index (κ1) is 14.3. The number of carbonyl (C=O) groups is 2. The van der Waals surface area contributed by atoms with E-state index in [0.717, 1.165) is 12.1 Å². The third-order valence-electron chi connectivity index (χ3n) is 2.16. The van der Waals surface area contributed by atoms with Crippen LogP contribution in [-0.2, 0) is 20.9 Å². The van der Waals surface area contributed by atoms with Gasteiger partial charge in [-0.05, 0) is 31.7 Å². The summed E-state index contributed by atoms with van der Waals surface area (Å²) in [5.41, 5.74) is 1.86. The normalized spacial score (nSPS) is 10.1. The fourth-order valence-corrected chi connectivity index (χ4v) is 1.39. The van der Waals surface area contributed by atoms with Crippen molar-refractivity contribution in [2.45, 2.75) is 13.5 Å². The molecule has 0 bridgehead atoms. The van der Waals surface area contributed by atoms with Gasteiger partial charge in [0.25, 0.3) is 0 Å². The summed E-state index contributed by atoms with van der Waals surface area (Å²) in [5.74, 6) is -0.364. The van der Waals surface area contributed by atoms with Crippen LogP contribution < -0.4 is 10.6 Å². The first-order valence-corrected chi connectivity index (χ1v) is 5.72. The lowest BCUT2D eigenvalue weighted by Gasteiger charge is -2.06. The van der Waals surface area contributed by atoms with E-state index in [2.05, 4.69) is 10.6 Å². The highest BCUT2D eigenvalue weighted by atomic mass is 16.5. The van der Waals surface area contributed by atoms with Gasteiger partial charge in [0, 0.05) is 12.2 Å². The molecule has 0 unspecified atom stereocenters. The molecule has 5 nitrogen and oxygen atoms in total. The molecule has 18 heavy (non-hydrogen) atoms. The van der Waals surface area contributed by atoms with E-state index < -0.39 is 0 Å². The predicted molar refractivity (Wildman–Crippen MR) is 69.3 cm³/mol. The van der Waals surface area contributed by atoms with Crippen LogP contribution >= 0.6 is 0 Å². The number of hydrogen-bond donors (Lipinski definition) is 2. The van der Waals surface area contributed by atoms with E-state index >= 15 is 0 Å². The third-order valence-corrected chi connectivity index (χ3v) is 2.16. The van der Waals surface area contributed by atoms with E-state index in [0.29, 0.717) is 5.69 Å². The molecule has 0 atom stereocenters. The van der Waals surface area contributed by atoms with Gasteiger partial charge >= 0.3 is 0 Å². The summed E-state index contributed by atoms with van der Waals surface area (Å²) < 4.78 is 4.92. The molecule has 0 fully saturated rings. The lowest BCUT2D eigenvalue weighted by Crippen LogP contribution is -2.20. The number of ether oxygens (including phenoxy) is 1. The summed E-state index contributed by atoms with van der Waals surface area (Å²) in [7, 11) is 1.88. The van der Waals surface area contributed by atoms with Crippen LogP contribution in [0.4, 0.5) is 5.69 Å². The highest BCUT2D eigenvalue weighted by Gasteiger charge is 2.03. The SMILES string of the molecule is CNCc1ccc(NC(=O)COCC(C)=O)cc1. The van der Waals surface area contributed by atoms with Crippen molar-refractivity contribution in [1.82, 2.24) is 5.32 Å². The maximum absolute atomic E-state index is 11.4. The Balaban J connectivity index is 2.37. The molecule has 5 heteroatoms. The van der Waals surface area contributed by atoms with Crippen LogP contribution in [0.25, 0.3) is 0 Å². The lowest BCUT2D eigenvalue weighted by atomic mass is 10.2. The smallest absolute Gasteiger partial charge is 0.250 e. The number of Topliss-reactive ketones (excluding diaryl/α,β-unsaturated/α-hetero) is 1. The summed E-state index contributed by atoms with van der Waals surface area (Å²) in [5, 5.41) is 5.73. The van der Waals surface area contributed by atoms with E-state index in [-0.39, 0.29) is 24.9 Å². The van der Waals surface area contributed by atoms with Crippen molar-refractivity contribution >= 4 is 17.4 Å². The molecule has 0 aromatic heterocycles. The number of benzene rings is 1. The van der Waals surface area contributed by atoms with Crippen molar-refractivity contribution in [1.29, 1.82) is 0 Å². The van der Waals surface area contributed by atoms with Gasteiger partial charge in [0.05, 0.1) is 0 Å². The number of nitrogens with one attached hydrogen (secondary N) is 2. The highest BCUT2D eigenvalue weighted by Crippen LogP contribution is 2.09. The Morgan fingerprint density at radius 2 is 1.83 bits per heavy atom. The van der Waals surface area contributed by atoms with E-state index in [9.17, 15) is 9.59 Å². The van der Waals surface area contributed by atoms with Crippen molar-refractivity contribution in [3.05, 3.63) is 29.8 Å². The molecule has 0 aliphatic carbocycles. The fraction of sp³-hybridized carbons (Fsp3) is 0.385. The maximum Gasteiger partial charge on any atom is 0.250 e. The monoisotopic (exact) mass is 250 g/mol. The van der Waals surface area contributed by atoms with Crippen molar-refractivity contribution in [3.8, 4) is 0 Å². The van der Waals surface area contributed by atoms with Crippen molar-refractivity contribution in [3.63, 3.8) is 0 Å². The van der Waals surface area contributed by atoms with Crippen molar-refractivity contribution in [2.24, 2.45) is 0 Å². The van der Waals surface area contributed by atoms with Crippen LogP contribution in [0.1, 0.15) is 12.5 Å². The summed E-state index contributed by atoms with van der Waals surface area (Å²) in [4.78, 5) is 22.1. The second-order valence-electron chi connectivity index (χ2n) is 3.97. The maximum atomic E-state index is 11.4. The Hall–Kier alpha value is -1.72. The molecular formula is C13H18N2O3. The molecule has 1 aromatic rings. The molecule has 1 amide bonds. The first-order valence-electron chi connectivity index (χ1n) is 5.72. The topological polar surface area (TPSA) is 67.4 Å².